The molecule has 5 aromatic rings. The maximum Gasteiger partial charge on any atom is 0.224 e. The van der Waals surface area contributed by atoms with Crippen LogP contribution in [-0.2, 0) is 11.2 Å². The molecule has 0 amide bonds. The number of benzene rings is 2. The minimum atomic E-state index is 0.458. The monoisotopic (exact) mass is 511 g/mol. The lowest BCUT2D eigenvalue weighted by molar-refractivity contribution is 0.0322. The van der Waals surface area contributed by atoms with Gasteiger partial charge in [-0.1, -0.05) is 6.07 Å². The van der Waals surface area contributed by atoms with Gasteiger partial charge in [0.15, 0.2) is 0 Å². The zero-order valence-corrected chi connectivity index (χ0v) is 21.6. The molecule has 6 rings (SSSR count). The van der Waals surface area contributed by atoms with Crippen molar-refractivity contribution in [2.45, 2.75) is 13.3 Å². The molecule has 0 saturated carbocycles. The lowest BCUT2D eigenvalue weighted by Crippen LogP contribution is -2.38. The van der Waals surface area contributed by atoms with E-state index in [9.17, 15) is 0 Å². The summed E-state index contributed by atoms with van der Waals surface area (Å²) in [6, 6.07) is 14.5. The summed E-state index contributed by atoms with van der Waals surface area (Å²) in [6.07, 6.45) is 4.66. The lowest BCUT2D eigenvalue weighted by Gasteiger charge is -2.26. The van der Waals surface area contributed by atoms with Crippen LogP contribution in [0.15, 0.2) is 54.9 Å². The Morgan fingerprint density at radius 1 is 1.11 bits per heavy atom. The first-order valence-corrected chi connectivity index (χ1v) is 13.1. The van der Waals surface area contributed by atoms with E-state index in [-0.39, 0.29) is 0 Å². The van der Waals surface area contributed by atoms with E-state index in [1.54, 1.807) is 6.20 Å². The van der Waals surface area contributed by atoms with Crippen LogP contribution in [0.1, 0.15) is 11.3 Å². The number of fused-ring (bicyclic) bond motifs is 2. The van der Waals surface area contributed by atoms with Crippen LogP contribution in [0.2, 0.25) is 0 Å². The Morgan fingerprint density at radius 3 is 2.84 bits per heavy atom. The number of morpholine rings is 1. The maximum atomic E-state index is 6.32. The highest BCUT2D eigenvalue weighted by Crippen LogP contribution is 2.28. The molecule has 5 N–H and O–H groups in total. The zero-order chi connectivity index (χ0) is 25.9. The first kappa shape index (κ1) is 24.3. The van der Waals surface area contributed by atoms with Crippen LogP contribution in [0.5, 0.6) is 5.75 Å². The molecule has 9 heteroatoms. The third-order valence-electron chi connectivity index (χ3n) is 7.08. The minimum Gasteiger partial charge on any atom is -0.492 e. The molecule has 196 valence electrons. The fourth-order valence-corrected chi connectivity index (χ4v) is 5.03. The number of ether oxygens (including phenoxy) is 2. The van der Waals surface area contributed by atoms with E-state index in [1.807, 2.05) is 12.1 Å². The quantitative estimate of drug-likeness (QED) is 0.232. The van der Waals surface area contributed by atoms with Crippen molar-refractivity contribution >= 4 is 33.6 Å². The van der Waals surface area contributed by atoms with Crippen molar-refractivity contribution in [2.75, 3.05) is 57.1 Å². The van der Waals surface area contributed by atoms with E-state index in [4.69, 9.17) is 15.2 Å². The van der Waals surface area contributed by atoms with Gasteiger partial charge in [0.25, 0.3) is 0 Å². The van der Waals surface area contributed by atoms with Crippen LogP contribution < -0.4 is 15.8 Å². The molecule has 0 unspecified atom stereocenters. The Morgan fingerprint density at radius 2 is 1.97 bits per heavy atom. The summed E-state index contributed by atoms with van der Waals surface area (Å²) in [7, 11) is 0. The summed E-state index contributed by atoms with van der Waals surface area (Å²) in [5.41, 5.74) is 12.7. The molecule has 0 radical (unpaired) electrons. The number of H-pyrrole nitrogens is 2. The summed E-state index contributed by atoms with van der Waals surface area (Å²) >= 11 is 0. The Balaban J connectivity index is 1.07. The first-order chi connectivity index (χ1) is 18.6. The van der Waals surface area contributed by atoms with Crippen molar-refractivity contribution in [2.24, 2.45) is 0 Å². The number of nitrogens with two attached hydrogens (primary N) is 1. The van der Waals surface area contributed by atoms with E-state index in [2.05, 4.69) is 73.6 Å². The molecule has 2 aromatic carbocycles. The van der Waals surface area contributed by atoms with Crippen LogP contribution in [0.4, 0.5) is 11.8 Å². The molecular weight excluding hydrogens is 478 g/mol. The molecule has 3 aromatic heterocycles. The molecule has 1 saturated heterocycles. The van der Waals surface area contributed by atoms with Gasteiger partial charge in [-0.2, -0.15) is 4.98 Å². The van der Waals surface area contributed by atoms with Crippen LogP contribution in [0.3, 0.4) is 0 Å². The fourth-order valence-electron chi connectivity index (χ4n) is 5.03. The molecule has 0 aliphatic carbocycles. The van der Waals surface area contributed by atoms with Crippen molar-refractivity contribution in [1.82, 2.24) is 24.8 Å². The molecule has 38 heavy (non-hydrogen) atoms. The first-order valence-electron chi connectivity index (χ1n) is 13.1. The largest absolute Gasteiger partial charge is 0.492 e. The maximum absolute atomic E-state index is 6.32. The standard InChI is InChI=1S/C29H33N7O2/c1-19-14-22-15-20(2-4-26(22)34-19)25-18-33-29(35-28(25)30)31-7-6-21-17-32-27-5-3-23(16-24(21)27)38-13-10-36-8-11-37-12-9-36/h2-5,14-18,32,34H,6-13H2,1H3,(H3,30,31,33,35). The van der Waals surface area contributed by atoms with Crippen LogP contribution in [0, 0.1) is 6.92 Å². The number of nitrogen functional groups attached to an aromatic ring is 1. The van der Waals surface area contributed by atoms with Gasteiger partial charge in [0.2, 0.25) is 5.95 Å². The van der Waals surface area contributed by atoms with E-state index in [0.29, 0.717) is 24.9 Å². The van der Waals surface area contributed by atoms with E-state index >= 15 is 0 Å². The van der Waals surface area contributed by atoms with Crippen molar-refractivity contribution in [3.63, 3.8) is 0 Å². The van der Waals surface area contributed by atoms with Crippen molar-refractivity contribution in [3.8, 4) is 16.9 Å². The molecule has 1 aliphatic heterocycles. The van der Waals surface area contributed by atoms with Crippen molar-refractivity contribution in [3.05, 3.63) is 66.1 Å². The molecule has 0 spiro atoms. The van der Waals surface area contributed by atoms with Gasteiger partial charge in [0.1, 0.15) is 18.2 Å². The Labute approximate surface area is 221 Å². The molecule has 0 bridgehead atoms. The second-order valence-electron chi connectivity index (χ2n) is 9.75. The number of aromatic nitrogens is 4. The molecule has 9 nitrogen and oxygen atoms in total. The number of nitrogens with zero attached hydrogens (tertiary/aromatic N) is 3. The average Bonchev–Trinajstić information content (AvgIpc) is 3.51. The van der Waals surface area contributed by atoms with Gasteiger partial charge < -0.3 is 30.5 Å². The lowest BCUT2D eigenvalue weighted by atomic mass is 10.1. The molecule has 0 atom stereocenters. The fraction of sp³-hybridized carbons (Fsp3) is 0.310. The SMILES string of the molecule is Cc1cc2cc(-c3cnc(NCCc4c[nH]c5ccc(OCCN6CCOCC6)cc45)nc3N)ccc2[nH]1. The summed E-state index contributed by atoms with van der Waals surface area (Å²) in [5, 5.41) is 5.63. The Kier molecular flexibility index (Phi) is 6.85. The molecule has 1 aliphatic rings. The molecular formula is C29H33N7O2. The average molecular weight is 512 g/mol. The van der Waals surface area contributed by atoms with Gasteiger partial charge in [-0.15, -0.1) is 0 Å². The number of rotatable bonds is 9. The number of aromatic amines is 2. The van der Waals surface area contributed by atoms with Crippen LogP contribution >= 0.6 is 0 Å². The summed E-state index contributed by atoms with van der Waals surface area (Å²) in [4.78, 5) is 18.1. The number of aryl methyl sites for hydroxylation is 1. The molecule has 4 heterocycles. The highest BCUT2D eigenvalue weighted by atomic mass is 16.5. The van der Waals surface area contributed by atoms with Gasteiger partial charge in [-0.3, -0.25) is 4.90 Å². The smallest absolute Gasteiger partial charge is 0.224 e. The van der Waals surface area contributed by atoms with Crippen LogP contribution in [-0.4, -0.2) is 70.8 Å². The van der Waals surface area contributed by atoms with Crippen LogP contribution in [0.25, 0.3) is 32.9 Å². The highest BCUT2D eigenvalue weighted by Gasteiger charge is 2.12. The van der Waals surface area contributed by atoms with E-state index in [0.717, 1.165) is 78.3 Å². The van der Waals surface area contributed by atoms with Gasteiger partial charge in [0.05, 0.1) is 13.2 Å². The third-order valence-corrected chi connectivity index (χ3v) is 7.08. The zero-order valence-electron chi connectivity index (χ0n) is 21.6. The Hall–Kier alpha value is -4.08. The van der Waals surface area contributed by atoms with Crippen molar-refractivity contribution in [1.29, 1.82) is 0 Å². The number of hydrogen-bond acceptors (Lipinski definition) is 7. The second kappa shape index (κ2) is 10.7. The molecule has 1 fully saturated rings. The summed E-state index contributed by atoms with van der Waals surface area (Å²) in [6.45, 7) is 7.86. The Bertz CT molecular complexity index is 1550. The number of nitrogens with one attached hydrogen (secondary N) is 3. The predicted molar refractivity (Wildman–Crippen MR) is 152 cm³/mol. The van der Waals surface area contributed by atoms with Crippen molar-refractivity contribution < 1.29 is 9.47 Å². The summed E-state index contributed by atoms with van der Waals surface area (Å²) < 4.78 is 11.5. The minimum absolute atomic E-state index is 0.458. The van der Waals surface area contributed by atoms with Gasteiger partial charge >= 0.3 is 0 Å². The second-order valence-corrected chi connectivity index (χ2v) is 9.75. The topological polar surface area (TPSA) is 117 Å². The van der Waals surface area contributed by atoms with Gasteiger partial charge in [-0.05, 0) is 60.9 Å². The van der Waals surface area contributed by atoms with Gasteiger partial charge in [-0.25, -0.2) is 4.98 Å². The number of anilines is 2. The summed E-state index contributed by atoms with van der Waals surface area (Å²) in [5.74, 6) is 1.87. The van der Waals surface area contributed by atoms with E-state index in [1.165, 1.54) is 10.9 Å². The third kappa shape index (κ3) is 5.29. The normalized spacial score (nSPS) is 14.3. The predicted octanol–water partition coefficient (Wildman–Crippen LogP) is 4.36. The van der Waals surface area contributed by atoms with Gasteiger partial charge in [0, 0.05) is 71.6 Å². The highest BCUT2D eigenvalue weighted by molar-refractivity contribution is 5.88. The number of hydrogen-bond donors (Lipinski definition) is 4. The van der Waals surface area contributed by atoms with E-state index < -0.39 is 0 Å².